The zero-order valence-corrected chi connectivity index (χ0v) is 15.3. The summed E-state index contributed by atoms with van der Waals surface area (Å²) < 4.78 is 16.2. The molecule has 3 rings (SSSR count). The third kappa shape index (κ3) is 3.41. The number of methoxy groups -OCH3 is 1. The van der Waals surface area contributed by atoms with Crippen molar-refractivity contribution < 1.29 is 19.0 Å². The van der Waals surface area contributed by atoms with Gasteiger partial charge in [-0.1, -0.05) is 0 Å². The van der Waals surface area contributed by atoms with E-state index in [1.54, 1.807) is 33.1 Å². The molecule has 0 spiro atoms. The number of esters is 1. The Kier molecular flexibility index (Phi) is 4.85. The molecule has 0 saturated carbocycles. The summed E-state index contributed by atoms with van der Waals surface area (Å²) in [6.07, 6.45) is 0. The Balaban J connectivity index is 2.05. The number of carbonyl (C=O) groups excluding carboxylic acids is 1. The van der Waals surface area contributed by atoms with Crippen molar-refractivity contribution in [2.75, 3.05) is 13.7 Å². The lowest BCUT2D eigenvalue weighted by atomic mass is 10.2. The monoisotopic (exact) mass is 358 g/mol. The number of thiophene rings is 1. The van der Waals surface area contributed by atoms with Crippen molar-refractivity contribution in [1.29, 1.82) is 0 Å². The van der Waals surface area contributed by atoms with Gasteiger partial charge in [0.2, 0.25) is 5.88 Å². The number of benzene rings is 1. The normalized spacial score (nSPS) is 10.7. The molecule has 2 aromatic heterocycles. The Morgan fingerprint density at radius 2 is 1.80 bits per heavy atom. The minimum Gasteiger partial charge on any atom is -0.497 e. The first-order valence-corrected chi connectivity index (χ1v) is 8.62. The van der Waals surface area contributed by atoms with Crippen LogP contribution in [-0.4, -0.2) is 29.7 Å². The van der Waals surface area contributed by atoms with Crippen molar-refractivity contribution in [2.24, 2.45) is 0 Å². The van der Waals surface area contributed by atoms with Crippen LogP contribution in [0.3, 0.4) is 0 Å². The SMILES string of the molecule is CCOC(=O)c1sc2nc(C)nc(Oc3ccc(OC)cc3)c2c1C. The summed E-state index contributed by atoms with van der Waals surface area (Å²) in [5.74, 6) is 2.02. The summed E-state index contributed by atoms with van der Waals surface area (Å²) in [6, 6.07) is 7.22. The predicted octanol–water partition coefficient (Wildman–Crippen LogP) is 4.29. The average Bonchev–Trinajstić information content (AvgIpc) is 2.92. The number of aromatic nitrogens is 2. The zero-order valence-electron chi connectivity index (χ0n) is 14.5. The van der Waals surface area contributed by atoms with Crippen LogP contribution in [-0.2, 0) is 4.74 Å². The molecule has 0 N–H and O–H groups in total. The molecule has 0 radical (unpaired) electrons. The Morgan fingerprint density at radius 1 is 1.12 bits per heavy atom. The molecule has 2 heterocycles. The summed E-state index contributed by atoms with van der Waals surface area (Å²) in [5, 5.41) is 0.731. The van der Waals surface area contributed by atoms with Gasteiger partial charge in [0.05, 0.1) is 19.1 Å². The predicted molar refractivity (Wildman–Crippen MR) is 95.9 cm³/mol. The lowest BCUT2D eigenvalue weighted by molar-refractivity contribution is 0.0531. The molecule has 130 valence electrons. The molecular formula is C18H18N2O4S. The Hall–Kier alpha value is -2.67. The van der Waals surface area contributed by atoms with E-state index in [0.717, 1.165) is 16.7 Å². The molecule has 0 bridgehead atoms. The minimum atomic E-state index is -0.351. The van der Waals surface area contributed by atoms with Crippen molar-refractivity contribution in [2.45, 2.75) is 20.8 Å². The lowest BCUT2D eigenvalue weighted by Gasteiger charge is -2.08. The molecule has 0 aliphatic heterocycles. The van der Waals surface area contributed by atoms with Gasteiger partial charge in [0.1, 0.15) is 27.0 Å². The summed E-state index contributed by atoms with van der Waals surface area (Å²) in [5.41, 5.74) is 0.766. The van der Waals surface area contributed by atoms with Crippen LogP contribution in [0.2, 0.25) is 0 Å². The molecule has 0 amide bonds. The first-order valence-electron chi connectivity index (χ1n) is 7.80. The van der Waals surface area contributed by atoms with E-state index in [-0.39, 0.29) is 5.97 Å². The molecular weight excluding hydrogens is 340 g/mol. The zero-order chi connectivity index (χ0) is 18.0. The van der Waals surface area contributed by atoms with E-state index < -0.39 is 0 Å². The average molecular weight is 358 g/mol. The Morgan fingerprint density at radius 3 is 2.44 bits per heavy atom. The number of hydrogen-bond donors (Lipinski definition) is 0. The summed E-state index contributed by atoms with van der Waals surface area (Å²) in [4.78, 5) is 22.2. The third-order valence-corrected chi connectivity index (χ3v) is 4.77. The first-order chi connectivity index (χ1) is 12.0. The van der Waals surface area contributed by atoms with Gasteiger partial charge in [-0.15, -0.1) is 11.3 Å². The van der Waals surface area contributed by atoms with Crippen LogP contribution in [0.25, 0.3) is 10.2 Å². The van der Waals surface area contributed by atoms with E-state index in [0.29, 0.717) is 33.8 Å². The number of aryl methyl sites for hydroxylation is 2. The maximum atomic E-state index is 12.1. The van der Waals surface area contributed by atoms with Crippen molar-refractivity contribution in [3.05, 3.63) is 40.5 Å². The first kappa shape index (κ1) is 17.2. The van der Waals surface area contributed by atoms with E-state index in [9.17, 15) is 4.79 Å². The lowest BCUT2D eigenvalue weighted by Crippen LogP contribution is -2.03. The Bertz CT molecular complexity index is 919. The second kappa shape index (κ2) is 7.06. The number of carbonyl (C=O) groups is 1. The van der Waals surface area contributed by atoms with Crippen molar-refractivity contribution >= 4 is 27.5 Å². The number of nitrogens with zero attached hydrogens (tertiary/aromatic N) is 2. The van der Waals surface area contributed by atoms with Crippen LogP contribution in [0, 0.1) is 13.8 Å². The van der Waals surface area contributed by atoms with Crippen molar-refractivity contribution in [1.82, 2.24) is 9.97 Å². The van der Waals surface area contributed by atoms with Gasteiger partial charge in [0.15, 0.2) is 0 Å². The largest absolute Gasteiger partial charge is 0.497 e. The highest BCUT2D eigenvalue weighted by molar-refractivity contribution is 7.20. The second-order valence-corrected chi connectivity index (χ2v) is 6.31. The quantitative estimate of drug-likeness (QED) is 0.634. The molecule has 6 nitrogen and oxygen atoms in total. The third-order valence-electron chi connectivity index (χ3n) is 3.60. The topological polar surface area (TPSA) is 70.5 Å². The van der Waals surface area contributed by atoms with Crippen LogP contribution in [0.15, 0.2) is 24.3 Å². The van der Waals surface area contributed by atoms with Crippen LogP contribution < -0.4 is 9.47 Å². The molecule has 25 heavy (non-hydrogen) atoms. The van der Waals surface area contributed by atoms with E-state index in [1.807, 2.05) is 19.1 Å². The summed E-state index contributed by atoms with van der Waals surface area (Å²) in [6.45, 7) is 5.75. The van der Waals surface area contributed by atoms with Gasteiger partial charge in [-0.25, -0.2) is 9.78 Å². The van der Waals surface area contributed by atoms with Gasteiger partial charge in [-0.2, -0.15) is 4.98 Å². The van der Waals surface area contributed by atoms with Gasteiger partial charge in [-0.05, 0) is 50.6 Å². The maximum absolute atomic E-state index is 12.1. The van der Waals surface area contributed by atoms with Crippen LogP contribution in [0.5, 0.6) is 17.4 Å². The standard InChI is InChI=1S/C18H18N2O4S/c1-5-23-18(21)15-10(2)14-16(19-11(3)20-17(14)25-15)24-13-8-6-12(22-4)7-9-13/h6-9H,5H2,1-4H3. The van der Waals surface area contributed by atoms with Crippen molar-refractivity contribution in [3.63, 3.8) is 0 Å². The van der Waals surface area contributed by atoms with E-state index >= 15 is 0 Å². The van der Waals surface area contributed by atoms with Gasteiger partial charge in [0.25, 0.3) is 0 Å². The number of rotatable bonds is 5. The smallest absolute Gasteiger partial charge is 0.348 e. The minimum absolute atomic E-state index is 0.326. The highest BCUT2D eigenvalue weighted by Gasteiger charge is 2.22. The van der Waals surface area contributed by atoms with Gasteiger partial charge in [0, 0.05) is 0 Å². The molecule has 0 saturated heterocycles. The second-order valence-electron chi connectivity index (χ2n) is 5.31. The molecule has 0 atom stereocenters. The van der Waals surface area contributed by atoms with Crippen LogP contribution in [0.1, 0.15) is 28.0 Å². The number of ether oxygens (including phenoxy) is 3. The summed E-state index contributed by atoms with van der Waals surface area (Å²) in [7, 11) is 1.61. The molecule has 0 fully saturated rings. The van der Waals surface area contributed by atoms with E-state index in [1.165, 1.54) is 11.3 Å². The van der Waals surface area contributed by atoms with E-state index in [4.69, 9.17) is 14.2 Å². The fourth-order valence-electron chi connectivity index (χ4n) is 2.42. The Labute approximate surface area is 149 Å². The fourth-order valence-corrected chi connectivity index (χ4v) is 3.54. The fraction of sp³-hybridized carbons (Fsp3) is 0.278. The molecule has 7 heteroatoms. The molecule has 0 aliphatic carbocycles. The van der Waals surface area contributed by atoms with Gasteiger partial charge < -0.3 is 14.2 Å². The highest BCUT2D eigenvalue weighted by Crippen LogP contribution is 2.37. The molecule has 3 aromatic rings. The van der Waals surface area contributed by atoms with Gasteiger partial charge in [-0.3, -0.25) is 0 Å². The summed E-state index contributed by atoms with van der Waals surface area (Å²) >= 11 is 1.29. The number of fused-ring (bicyclic) bond motifs is 1. The van der Waals surface area contributed by atoms with Gasteiger partial charge >= 0.3 is 5.97 Å². The molecule has 0 aliphatic rings. The highest BCUT2D eigenvalue weighted by atomic mass is 32.1. The van der Waals surface area contributed by atoms with Crippen LogP contribution >= 0.6 is 11.3 Å². The van der Waals surface area contributed by atoms with Crippen LogP contribution in [0.4, 0.5) is 0 Å². The molecule has 1 aromatic carbocycles. The maximum Gasteiger partial charge on any atom is 0.348 e. The number of hydrogen-bond acceptors (Lipinski definition) is 7. The van der Waals surface area contributed by atoms with E-state index in [2.05, 4.69) is 9.97 Å². The molecule has 0 unspecified atom stereocenters. The van der Waals surface area contributed by atoms with Crippen molar-refractivity contribution in [3.8, 4) is 17.4 Å².